The number of hydrogen-bond acceptors (Lipinski definition) is 6. The molecule has 8 heteroatoms. The van der Waals surface area contributed by atoms with Gasteiger partial charge in [0.15, 0.2) is 5.76 Å². The topological polar surface area (TPSA) is 110 Å². The van der Waals surface area contributed by atoms with Gasteiger partial charge in [-0.3, -0.25) is 9.59 Å². The molecule has 8 nitrogen and oxygen atoms in total. The van der Waals surface area contributed by atoms with Gasteiger partial charge in [-0.15, -0.1) is 0 Å². The standard InChI is InChI=1S/C17H16N4O4/c1-10(18-17(23)14-7-4-8-24-14)16(22)20-13-6-3-5-12(9-13)15-19-11(2)25-21-15/h3-10H,1-2H3,(H,18,23)(H,20,22)/t10-/m0/s1. The van der Waals surface area contributed by atoms with Gasteiger partial charge in [-0.2, -0.15) is 4.98 Å². The summed E-state index contributed by atoms with van der Waals surface area (Å²) in [5, 5.41) is 9.15. The van der Waals surface area contributed by atoms with Gasteiger partial charge in [0.05, 0.1) is 6.26 Å². The van der Waals surface area contributed by atoms with E-state index in [9.17, 15) is 9.59 Å². The van der Waals surface area contributed by atoms with Gasteiger partial charge < -0.3 is 19.6 Å². The van der Waals surface area contributed by atoms with E-state index < -0.39 is 11.9 Å². The number of benzene rings is 1. The summed E-state index contributed by atoms with van der Waals surface area (Å²) in [6, 6.07) is 9.42. The third kappa shape index (κ3) is 3.92. The second-order valence-electron chi connectivity index (χ2n) is 5.38. The normalized spacial score (nSPS) is 11.8. The molecule has 2 amide bonds. The maximum atomic E-state index is 12.3. The monoisotopic (exact) mass is 340 g/mol. The minimum absolute atomic E-state index is 0.147. The number of aryl methyl sites for hydroxylation is 1. The second kappa shape index (κ2) is 7.00. The summed E-state index contributed by atoms with van der Waals surface area (Å²) in [5.41, 5.74) is 1.27. The number of rotatable bonds is 5. The average Bonchev–Trinajstić information content (AvgIpc) is 3.26. The number of furan rings is 1. The molecule has 0 radical (unpaired) electrons. The van der Waals surface area contributed by atoms with E-state index in [0.29, 0.717) is 23.0 Å². The molecule has 25 heavy (non-hydrogen) atoms. The first-order chi connectivity index (χ1) is 12.0. The van der Waals surface area contributed by atoms with Crippen LogP contribution in [0.25, 0.3) is 11.4 Å². The van der Waals surface area contributed by atoms with Crippen LogP contribution in [0.2, 0.25) is 0 Å². The number of nitrogens with one attached hydrogen (secondary N) is 2. The molecule has 0 unspecified atom stereocenters. The van der Waals surface area contributed by atoms with Gasteiger partial charge in [-0.25, -0.2) is 0 Å². The summed E-state index contributed by atoms with van der Waals surface area (Å²) >= 11 is 0. The lowest BCUT2D eigenvalue weighted by Gasteiger charge is -2.13. The van der Waals surface area contributed by atoms with Crippen molar-refractivity contribution in [1.82, 2.24) is 15.5 Å². The molecule has 0 bridgehead atoms. The highest BCUT2D eigenvalue weighted by molar-refractivity contribution is 6.00. The summed E-state index contributed by atoms with van der Waals surface area (Å²) in [6.45, 7) is 3.29. The molecule has 0 aliphatic carbocycles. The Kier molecular flexibility index (Phi) is 4.60. The molecule has 3 rings (SSSR count). The van der Waals surface area contributed by atoms with E-state index >= 15 is 0 Å². The smallest absolute Gasteiger partial charge is 0.287 e. The molecule has 2 heterocycles. The molecule has 0 saturated carbocycles. The number of carbonyl (C=O) groups is 2. The lowest BCUT2D eigenvalue weighted by Crippen LogP contribution is -2.41. The third-order valence-electron chi connectivity index (χ3n) is 3.40. The lowest BCUT2D eigenvalue weighted by molar-refractivity contribution is -0.117. The van der Waals surface area contributed by atoms with E-state index in [2.05, 4.69) is 20.8 Å². The maximum Gasteiger partial charge on any atom is 0.287 e. The largest absolute Gasteiger partial charge is 0.459 e. The first-order valence-electron chi connectivity index (χ1n) is 7.59. The van der Waals surface area contributed by atoms with Crippen molar-refractivity contribution in [3.05, 3.63) is 54.3 Å². The Morgan fingerprint density at radius 1 is 1.20 bits per heavy atom. The fraction of sp³-hybridized carbons (Fsp3) is 0.176. The average molecular weight is 340 g/mol. The number of anilines is 1. The summed E-state index contributed by atoms with van der Waals surface area (Å²) < 4.78 is 9.95. The van der Waals surface area contributed by atoms with Gasteiger partial charge in [0.25, 0.3) is 5.91 Å². The highest BCUT2D eigenvalue weighted by Crippen LogP contribution is 2.20. The Hall–Kier alpha value is -3.42. The van der Waals surface area contributed by atoms with E-state index in [-0.39, 0.29) is 11.7 Å². The number of aromatic nitrogens is 2. The minimum atomic E-state index is -0.742. The summed E-state index contributed by atoms with van der Waals surface area (Å²) in [7, 11) is 0. The van der Waals surface area contributed by atoms with Crippen molar-refractivity contribution in [1.29, 1.82) is 0 Å². The fourth-order valence-corrected chi connectivity index (χ4v) is 2.14. The molecular formula is C17H16N4O4. The number of hydrogen-bond donors (Lipinski definition) is 2. The maximum absolute atomic E-state index is 12.3. The van der Waals surface area contributed by atoms with Crippen molar-refractivity contribution in [2.24, 2.45) is 0 Å². The van der Waals surface area contributed by atoms with Crippen molar-refractivity contribution < 1.29 is 18.5 Å². The van der Waals surface area contributed by atoms with Crippen LogP contribution in [0.15, 0.2) is 51.6 Å². The second-order valence-corrected chi connectivity index (χ2v) is 5.38. The zero-order valence-corrected chi connectivity index (χ0v) is 13.6. The van der Waals surface area contributed by atoms with E-state index in [4.69, 9.17) is 8.94 Å². The summed E-state index contributed by atoms with van der Waals surface area (Å²) in [6.07, 6.45) is 1.39. The van der Waals surface area contributed by atoms with Crippen LogP contribution in [0, 0.1) is 6.92 Å². The highest BCUT2D eigenvalue weighted by atomic mass is 16.5. The highest BCUT2D eigenvalue weighted by Gasteiger charge is 2.18. The van der Waals surface area contributed by atoms with E-state index in [1.54, 1.807) is 38.1 Å². The van der Waals surface area contributed by atoms with Gasteiger partial charge in [0.1, 0.15) is 6.04 Å². The molecule has 1 aromatic carbocycles. The number of amides is 2. The summed E-state index contributed by atoms with van der Waals surface area (Å²) in [4.78, 5) is 28.3. The number of nitrogens with zero attached hydrogens (tertiary/aromatic N) is 2. The van der Waals surface area contributed by atoms with E-state index in [0.717, 1.165) is 0 Å². The first kappa shape index (κ1) is 16.4. The third-order valence-corrected chi connectivity index (χ3v) is 3.40. The Bertz CT molecular complexity index is 886. The predicted molar refractivity (Wildman–Crippen MR) is 88.7 cm³/mol. The van der Waals surface area contributed by atoms with Crippen molar-refractivity contribution in [2.45, 2.75) is 19.9 Å². The lowest BCUT2D eigenvalue weighted by atomic mass is 10.2. The summed E-state index contributed by atoms with van der Waals surface area (Å²) in [5.74, 6) is 0.227. The molecular weight excluding hydrogens is 324 g/mol. The van der Waals surface area contributed by atoms with Crippen LogP contribution in [-0.4, -0.2) is 28.0 Å². The van der Waals surface area contributed by atoms with E-state index in [1.165, 1.54) is 12.3 Å². The molecule has 2 N–H and O–H groups in total. The Morgan fingerprint density at radius 2 is 2.04 bits per heavy atom. The Labute approximate surface area is 143 Å². The molecule has 1 atom stereocenters. The predicted octanol–water partition coefficient (Wildman–Crippen LogP) is 2.40. The van der Waals surface area contributed by atoms with Crippen LogP contribution < -0.4 is 10.6 Å². The molecule has 0 spiro atoms. The molecule has 0 saturated heterocycles. The van der Waals surface area contributed by atoms with Crippen LogP contribution >= 0.6 is 0 Å². The fourth-order valence-electron chi connectivity index (χ4n) is 2.14. The molecule has 128 valence electrons. The van der Waals surface area contributed by atoms with Crippen molar-refractivity contribution in [3.8, 4) is 11.4 Å². The zero-order chi connectivity index (χ0) is 17.8. The first-order valence-corrected chi connectivity index (χ1v) is 7.59. The van der Waals surface area contributed by atoms with Gasteiger partial charge in [0, 0.05) is 18.2 Å². The molecule has 0 aliphatic rings. The number of carbonyl (C=O) groups excluding carboxylic acids is 2. The van der Waals surface area contributed by atoms with Crippen LogP contribution in [-0.2, 0) is 4.79 Å². The Morgan fingerprint density at radius 3 is 2.72 bits per heavy atom. The van der Waals surface area contributed by atoms with Gasteiger partial charge in [0.2, 0.25) is 17.6 Å². The molecule has 0 aliphatic heterocycles. The Balaban J connectivity index is 1.65. The quantitative estimate of drug-likeness (QED) is 0.738. The van der Waals surface area contributed by atoms with Gasteiger partial charge in [-0.05, 0) is 31.2 Å². The van der Waals surface area contributed by atoms with Crippen molar-refractivity contribution in [3.63, 3.8) is 0 Å². The van der Waals surface area contributed by atoms with Gasteiger partial charge in [-0.1, -0.05) is 17.3 Å². The SMILES string of the molecule is Cc1nc(-c2cccc(NC(=O)[C@H](C)NC(=O)c3ccco3)c2)no1. The van der Waals surface area contributed by atoms with Crippen molar-refractivity contribution in [2.75, 3.05) is 5.32 Å². The molecule has 2 aromatic heterocycles. The van der Waals surface area contributed by atoms with Crippen LogP contribution in [0.1, 0.15) is 23.4 Å². The van der Waals surface area contributed by atoms with Crippen molar-refractivity contribution >= 4 is 17.5 Å². The van der Waals surface area contributed by atoms with Crippen LogP contribution in [0.4, 0.5) is 5.69 Å². The van der Waals surface area contributed by atoms with Crippen LogP contribution in [0.5, 0.6) is 0 Å². The molecule has 0 fully saturated rings. The molecule has 3 aromatic rings. The van der Waals surface area contributed by atoms with Gasteiger partial charge >= 0.3 is 0 Å². The van der Waals surface area contributed by atoms with E-state index in [1.807, 2.05) is 6.07 Å². The minimum Gasteiger partial charge on any atom is -0.459 e. The zero-order valence-electron chi connectivity index (χ0n) is 13.6. The van der Waals surface area contributed by atoms with Crippen LogP contribution in [0.3, 0.4) is 0 Å².